The van der Waals surface area contributed by atoms with Gasteiger partial charge in [-0.2, -0.15) is 0 Å². The van der Waals surface area contributed by atoms with Gasteiger partial charge >= 0.3 is 0 Å². The number of H-pyrrole nitrogens is 1. The van der Waals surface area contributed by atoms with Crippen molar-refractivity contribution in [1.29, 1.82) is 0 Å². The predicted octanol–water partition coefficient (Wildman–Crippen LogP) is 1.90. The molecule has 0 aliphatic carbocycles. The molecule has 0 fully saturated rings. The average Bonchev–Trinajstić information content (AvgIpc) is 3.39. The van der Waals surface area contributed by atoms with E-state index in [-0.39, 0.29) is 12.5 Å². The second-order valence-corrected chi connectivity index (χ2v) is 5.95. The number of guanidine groups is 1. The molecule has 0 saturated heterocycles. The second kappa shape index (κ2) is 9.54. The van der Waals surface area contributed by atoms with Gasteiger partial charge in [0.1, 0.15) is 12.4 Å². The molecular weight excluding hydrogens is 344 g/mol. The number of nitrogens with zero attached hydrogens (tertiary/aromatic N) is 3. The number of aromatic nitrogens is 3. The first-order valence-electron chi connectivity index (χ1n) is 8.93. The quantitative estimate of drug-likeness (QED) is 0.357. The summed E-state index contributed by atoms with van der Waals surface area (Å²) in [7, 11) is 0. The summed E-state index contributed by atoms with van der Waals surface area (Å²) in [5, 5.41) is 23.2. The summed E-state index contributed by atoms with van der Waals surface area (Å²) in [6.07, 6.45) is 1.58. The number of hydrogen-bond donors (Lipinski definition) is 4. The SMILES string of the molecule is CCNC(=NCc1nc(-c2ccco2)n[nH]1)NCC(CO)c1ccccc1. The number of aromatic amines is 1. The first-order chi connectivity index (χ1) is 13.3. The molecule has 0 radical (unpaired) electrons. The number of hydrogen-bond acceptors (Lipinski definition) is 5. The van der Waals surface area contributed by atoms with Gasteiger partial charge in [0, 0.05) is 19.0 Å². The Balaban J connectivity index is 1.61. The van der Waals surface area contributed by atoms with Gasteiger partial charge in [0.25, 0.3) is 0 Å². The zero-order chi connectivity index (χ0) is 18.9. The maximum Gasteiger partial charge on any atom is 0.216 e. The van der Waals surface area contributed by atoms with Crippen LogP contribution in [0.3, 0.4) is 0 Å². The van der Waals surface area contributed by atoms with E-state index < -0.39 is 0 Å². The number of benzene rings is 1. The summed E-state index contributed by atoms with van der Waals surface area (Å²) in [5.41, 5.74) is 1.08. The third-order valence-electron chi connectivity index (χ3n) is 4.01. The molecule has 8 nitrogen and oxygen atoms in total. The number of nitrogens with one attached hydrogen (secondary N) is 3. The largest absolute Gasteiger partial charge is 0.461 e. The minimum atomic E-state index is -0.00843. The third-order valence-corrected chi connectivity index (χ3v) is 4.01. The Kier molecular flexibility index (Phi) is 6.59. The van der Waals surface area contributed by atoms with Crippen LogP contribution in [0.1, 0.15) is 24.2 Å². The molecule has 0 aliphatic rings. The Labute approximate surface area is 157 Å². The van der Waals surface area contributed by atoms with Crippen molar-refractivity contribution in [3.63, 3.8) is 0 Å². The molecule has 0 bridgehead atoms. The molecule has 1 aromatic carbocycles. The summed E-state index contributed by atoms with van der Waals surface area (Å²) in [4.78, 5) is 8.91. The summed E-state index contributed by atoms with van der Waals surface area (Å²) in [6.45, 7) is 3.71. The van der Waals surface area contributed by atoms with Crippen molar-refractivity contribution in [3.05, 3.63) is 60.1 Å². The van der Waals surface area contributed by atoms with E-state index in [9.17, 15) is 5.11 Å². The van der Waals surface area contributed by atoms with Crippen LogP contribution in [0.5, 0.6) is 0 Å². The highest BCUT2D eigenvalue weighted by atomic mass is 16.3. The zero-order valence-corrected chi connectivity index (χ0v) is 15.2. The Morgan fingerprint density at radius 1 is 1.22 bits per heavy atom. The number of aliphatic imine (C=N–C) groups is 1. The maximum absolute atomic E-state index is 9.69. The van der Waals surface area contributed by atoms with Crippen molar-refractivity contribution in [2.75, 3.05) is 19.7 Å². The van der Waals surface area contributed by atoms with Crippen LogP contribution in [0.4, 0.5) is 0 Å². The van der Waals surface area contributed by atoms with E-state index in [1.165, 1.54) is 0 Å². The van der Waals surface area contributed by atoms with Crippen LogP contribution in [0.25, 0.3) is 11.6 Å². The van der Waals surface area contributed by atoms with Crippen molar-refractivity contribution in [2.24, 2.45) is 4.99 Å². The van der Waals surface area contributed by atoms with E-state index in [4.69, 9.17) is 4.42 Å². The van der Waals surface area contributed by atoms with Crippen LogP contribution in [-0.4, -0.2) is 45.9 Å². The second-order valence-electron chi connectivity index (χ2n) is 5.95. The molecule has 2 heterocycles. The van der Waals surface area contributed by atoms with Crippen LogP contribution in [0.15, 0.2) is 58.1 Å². The van der Waals surface area contributed by atoms with Crippen molar-refractivity contribution in [1.82, 2.24) is 25.8 Å². The van der Waals surface area contributed by atoms with E-state index in [1.54, 1.807) is 18.4 Å². The van der Waals surface area contributed by atoms with Gasteiger partial charge in [-0.25, -0.2) is 9.98 Å². The van der Waals surface area contributed by atoms with Gasteiger partial charge in [0.15, 0.2) is 11.7 Å². The Hall–Kier alpha value is -3.13. The van der Waals surface area contributed by atoms with Crippen LogP contribution < -0.4 is 10.6 Å². The lowest BCUT2D eigenvalue weighted by Gasteiger charge is -2.17. The van der Waals surface area contributed by atoms with Crippen molar-refractivity contribution in [2.45, 2.75) is 19.4 Å². The smallest absolute Gasteiger partial charge is 0.216 e. The topological polar surface area (TPSA) is 111 Å². The molecule has 4 N–H and O–H groups in total. The zero-order valence-electron chi connectivity index (χ0n) is 15.2. The van der Waals surface area contributed by atoms with Gasteiger partial charge in [-0.15, -0.1) is 5.10 Å². The average molecular weight is 368 g/mol. The first-order valence-corrected chi connectivity index (χ1v) is 8.93. The normalized spacial score (nSPS) is 12.7. The fraction of sp³-hybridized carbons (Fsp3) is 0.316. The lowest BCUT2D eigenvalue weighted by Crippen LogP contribution is -2.40. The lowest BCUT2D eigenvalue weighted by molar-refractivity contribution is 0.265. The predicted molar refractivity (Wildman–Crippen MR) is 103 cm³/mol. The molecule has 1 atom stereocenters. The van der Waals surface area contributed by atoms with E-state index in [1.807, 2.05) is 37.3 Å². The Morgan fingerprint density at radius 2 is 2.07 bits per heavy atom. The molecule has 3 rings (SSSR count). The highest BCUT2D eigenvalue weighted by molar-refractivity contribution is 5.79. The summed E-state index contributed by atoms with van der Waals surface area (Å²) in [6, 6.07) is 13.5. The van der Waals surface area contributed by atoms with Crippen LogP contribution in [0, 0.1) is 0 Å². The van der Waals surface area contributed by atoms with Crippen LogP contribution in [0.2, 0.25) is 0 Å². The van der Waals surface area contributed by atoms with E-state index in [0.29, 0.717) is 36.5 Å². The van der Waals surface area contributed by atoms with Gasteiger partial charge < -0.3 is 20.2 Å². The maximum atomic E-state index is 9.69. The molecule has 1 unspecified atom stereocenters. The molecule has 142 valence electrons. The number of aliphatic hydroxyl groups excluding tert-OH is 1. The minimum Gasteiger partial charge on any atom is -0.461 e. The standard InChI is InChI=1S/C19H24N6O2/c1-2-20-19(21-11-15(13-26)14-7-4-3-5-8-14)22-12-17-23-18(25-24-17)16-9-6-10-27-16/h3-10,15,26H,2,11-13H2,1H3,(H2,20,21,22)(H,23,24,25). The van der Waals surface area contributed by atoms with Gasteiger partial charge in [-0.3, -0.25) is 5.10 Å². The van der Waals surface area contributed by atoms with Gasteiger partial charge in [0.05, 0.1) is 12.9 Å². The highest BCUT2D eigenvalue weighted by Crippen LogP contribution is 2.15. The van der Waals surface area contributed by atoms with E-state index >= 15 is 0 Å². The van der Waals surface area contributed by atoms with Crippen molar-refractivity contribution in [3.8, 4) is 11.6 Å². The van der Waals surface area contributed by atoms with Gasteiger partial charge in [-0.05, 0) is 24.6 Å². The molecule has 8 heteroatoms. The monoisotopic (exact) mass is 368 g/mol. The molecule has 0 spiro atoms. The number of furan rings is 1. The molecule has 2 aromatic heterocycles. The molecule has 3 aromatic rings. The van der Waals surface area contributed by atoms with Crippen LogP contribution in [-0.2, 0) is 6.54 Å². The molecule has 0 amide bonds. The van der Waals surface area contributed by atoms with E-state index in [2.05, 4.69) is 30.8 Å². The third kappa shape index (κ3) is 5.18. The summed E-state index contributed by atoms with van der Waals surface area (Å²) >= 11 is 0. The fourth-order valence-corrected chi connectivity index (χ4v) is 2.61. The Morgan fingerprint density at radius 3 is 2.78 bits per heavy atom. The molecular formula is C19H24N6O2. The number of aliphatic hydroxyl groups is 1. The lowest BCUT2D eigenvalue weighted by atomic mass is 10.0. The van der Waals surface area contributed by atoms with Gasteiger partial charge in [-0.1, -0.05) is 30.3 Å². The Bertz CT molecular complexity index is 829. The molecule has 27 heavy (non-hydrogen) atoms. The molecule has 0 saturated carbocycles. The van der Waals surface area contributed by atoms with Gasteiger partial charge in [0.2, 0.25) is 5.82 Å². The summed E-state index contributed by atoms with van der Waals surface area (Å²) in [5.74, 6) is 2.40. The highest BCUT2D eigenvalue weighted by Gasteiger charge is 2.11. The van der Waals surface area contributed by atoms with Crippen molar-refractivity contribution >= 4 is 5.96 Å². The van der Waals surface area contributed by atoms with Crippen LogP contribution >= 0.6 is 0 Å². The fourth-order valence-electron chi connectivity index (χ4n) is 2.61. The van der Waals surface area contributed by atoms with Crippen molar-refractivity contribution < 1.29 is 9.52 Å². The number of rotatable bonds is 8. The van der Waals surface area contributed by atoms with E-state index in [0.717, 1.165) is 12.1 Å². The summed E-state index contributed by atoms with van der Waals surface area (Å²) < 4.78 is 5.29. The molecule has 0 aliphatic heterocycles. The first kappa shape index (κ1) is 18.7. The minimum absolute atomic E-state index is 0.00843.